The number of ether oxygens (including phenoxy) is 1. The summed E-state index contributed by atoms with van der Waals surface area (Å²) in [7, 11) is 5.73. The molecule has 2 N–H and O–H groups in total. The lowest BCUT2D eigenvalue weighted by atomic mass is 10.1. The first-order valence-electron chi connectivity index (χ1n) is 9.65. The Morgan fingerprint density at radius 3 is 2.74 bits per heavy atom. The number of likely N-dealkylation sites (N-methyl/N-ethyl adjacent to an activating group) is 1. The van der Waals surface area contributed by atoms with Crippen LogP contribution in [0.1, 0.15) is 12.8 Å². The van der Waals surface area contributed by atoms with Crippen molar-refractivity contribution in [3.05, 3.63) is 30.3 Å². The van der Waals surface area contributed by atoms with Crippen LogP contribution >= 0.6 is 24.0 Å². The third-order valence-electron chi connectivity index (χ3n) is 4.86. The third kappa shape index (κ3) is 9.12. The zero-order valence-corrected chi connectivity index (χ0v) is 19.3. The second-order valence-corrected chi connectivity index (χ2v) is 6.97. The van der Waals surface area contributed by atoms with Crippen LogP contribution in [-0.4, -0.2) is 77.9 Å². The first-order chi connectivity index (χ1) is 12.7. The molecule has 1 aromatic rings. The van der Waals surface area contributed by atoms with Gasteiger partial charge in [-0.15, -0.1) is 24.0 Å². The summed E-state index contributed by atoms with van der Waals surface area (Å²) in [6.45, 7) is 6.97. The summed E-state index contributed by atoms with van der Waals surface area (Å²) in [5.41, 5.74) is 1.33. The summed E-state index contributed by atoms with van der Waals surface area (Å²) in [4.78, 5) is 9.12. The molecule has 0 radical (unpaired) electrons. The normalized spacial score (nSPS) is 17.1. The molecule has 0 saturated carbocycles. The Kier molecular flexibility index (Phi) is 12.4. The molecule has 1 saturated heterocycles. The van der Waals surface area contributed by atoms with Crippen LogP contribution in [0.3, 0.4) is 0 Å². The zero-order valence-electron chi connectivity index (χ0n) is 17.0. The first kappa shape index (κ1) is 24.0. The molecule has 0 amide bonds. The van der Waals surface area contributed by atoms with Crippen LogP contribution in [0.15, 0.2) is 35.3 Å². The number of nitrogens with zero attached hydrogens (tertiary/aromatic N) is 3. The highest BCUT2D eigenvalue weighted by Crippen LogP contribution is 2.22. The van der Waals surface area contributed by atoms with E-state index in [0.29, 0.717) is 5.92 Å². The zero-order chi connectivity index (χ0) is 18.6. The number of benzene rings is 1. The van der Waals surface area contributed by atoms with Gasteiger partial charge in [0.1, 0.15) is 0 Å². The van der Waals surface area contributed by atoms with Gasteiger partial charge in [0, 0.05) is 65.7 Å². The van der Waals surface area contributed by atoms with Gasteiger partial charge < -0.3 is 25.2 Å². The molecule has 154 valence electrons. The topological polar surface area (TPSA) is 52.1 Å². The van der Waals surface area contributed by atoms with Gasteiger partial charge in [-0.05, 0) is 37.9 Å². The molecule has 27 heavy (non-hydrogen) atoms. The molecule has 1 aliphatic heterocycles. The molecule has 1 atom stereocenters. The van der Waals surface area contributed by atoms with E-state index < -0.39 is 0 Å². The van der Waals surface area contributed by atoms with Gasteiger partial charge in [-0.2, -0.15) is 0 Å². The van der Waals surface area contributed by atoms with Crippen LogP contribution in [0.4, 0.5) is 5.69 Å². The van der Waals surface area contributed by atoms with Gasteiger partial charge in [0.2, 0.25) is 0 Å². The van der Waals surface area contributed by atoms with E-state index in [2.05, 4.69) is 62.8 Å². The highest BCUT2D eigenvalue weighted by molar-refractivity contribution is 14.0. The van der Waals surface area contributed by atoms with Crippen LogP contribution in [0.5, 0.6) is 0 Å². The summed E-state index contributed by atoms with van der Waals surface area (Å²) in [5, 5.41) is 6.89. The van der Waals surface area contributed by atoms with Crippen LogP contribution in [-0.2, 0) is 4.74 Å². The number of para-hydroxylation sites is 1. The monoisotopic (exact) mass is 489 g/mol. The summed E-state index contributed by atoms with van der Waals surface area (Å²) in [6.07, 6.45) is 2.29. The Morgan fingerprint density at radius 1 is 1.26 bits per heavy atom. The summed E-state index contributed by atoms with van der Waals surface area (Å²) < 4.78 is 5.09. The Hall–Kier alpha value is -1.06. The third-order valence-corrected chi connectivity index (χ3v) is 4.86. The Balaban J connectivity index is 0.00000364. The van der Waals surface area contributed by atoms with Crippen molar-refractivity contribution in [3.8, 4) is 0 Å². The van der Waals surface area contributed by atoms with Gasteiger partial charge in [-0.25, -0.2) is 0 Å². The highest BCUT2D eigenvalue weighted by atomic mass is 127. The number of rotatable bonds is 10. The molecule has 0 aromatic heterocycles. The standard InChI is InChI=1S/C20H35N5O.HI/c1-21-20(22-11-14-24(2)12-7-15-26-3)23-16-18-10-13-25(17-18)19-8-5-4-6-9-19;/h4-6,8-9,18H,7,10-17H2,1-3H3,(H2,21,22,23);1H. The van der Waals surface area contributed by atoms with Gasteiger partial charge in [-0.3, -0.25) is 4.99 Å². The average molecular weight is 489 g/mol. The fraction of sp³-hybridized carbons (Fsp3) is 0.650. The number of methoxy groups -OCH3 is 1. The fourth-order valence-corrected chi connectivity index (χ4v) is 3.29. The predicted octanol–water partition coefficient (Wildman–Crippen LogP) is 2.26. The highest BCUT2D eigenvalue weighted by Gasteiger charge is 2.22. The minimum absolute atomic E-state index is 0. The fourth-order valence-electron chi connectivity index (χ4n) is 3.29. The lowest BCUT2D eigenvalue weighted by Crippen LogP contribution is -2.43. The van der Waals surface area contributed by atoms with E-state index in [4.69, 9.17) is 4.74 Å². The van der Waals surface area contributed by atoms with Crippen LogP contribution in [0.25, 0.3) is 0 Å². The first-order valence-corrected chi connectivity index (χ1v) is 9.65. The predicted molar refractivity (Wildman–Crippen MR) is 126 cm³/mol. The Labute approximate surface area is 181 Å². The van der Waals surface area contributed by atoms with Gasteiger partial charge in [-0.1, -0.05) is 18.2 Å². The molecular formula is C20H36IN5O. The van der Waals surface area contributed by atoms with E-state index in [1.807, 2.05) is 7.05 Å². The second kappa shape index (κ2) is 14.0. The second-order valence-electron chi connectivity index (χ2n) is 6.97. The number of anilines is 1. The Bertz CT molecular complexity index is 528. The van der Waals surface area contributed by atoms with Crippen molar-refractivity contribution in [2.45, 2.75) is 12.8 Å². The lowest BCUT2D eigenvalue weighted by Gasteiger charge is -2.20. The minimum Gasteiger partial charge on any atom is -0.385 e. The van der Waals surface area contributed by atoms with Gasteiger partial charge in [0.05, 0.1) is 0 Å². The molecule has 1 fully saturated rings. The summed E-state index contributed by atoms with van der Waals surface area (Å²) in [6, 6.07) is 10.7. The number of hydrogen-bond acceptors (Lipinski definition) is 4. The largest absolute Gasteiger partial charge is 0.385 e. The van der Waals surface area contributed by atoms with Crippen LogP contribution in [0.2, 0.25) is 0 Å². The molecule has 1 heterocycles. The number of guanidine groups is 1. The van der Waals surface area contributed by atoms with E-state index in [9.17, 15) is 0 Å². The van der Waals surface area contributed by atoms with E-state index in [1.54, 1.807) is 7.11 Å². The number of hydrogen-bond donors (Lipinski definition) is 2. The lowest BCUT2D eigenvalue weighted by molar-refractivity contribution is 0.180. The minimum atomic E-state index is 0. The smallest absolute Gasteiger partial charge is 0.191 e. The van der Waals surface area contributed by atoms with Crippen molar-refractivity contribution in [3.63, 3.8) is 0 Å². The van der Waals surface area contributed by atoms with Crippen molar-refractivity contribution >= 4 is 35.6 Å². The molecule has 1 unspecified atom stereocenters. The maximum atomic E-state index is 5.09. The number of aliphatic imine (C=N–C) groups is 1. The van der Waals surface area contributed by atoms with Gasteiger partial charge in [0.25, 0.3) is 0 Å². The quantitative estimate of drug-likeness (QED) is 0.229. The number of nitrogens with one attached hydrogen (secondary N) is 2. The molecule has 0 spiro atoms. The van der Waals surface area contributed by atoms with E-state index >= 15 is 0 Å². The van der Waals surface area contributed by atoms with Gasteiger partial charge >= 0.3 is 0 Å². The van der Waals surface area contributed by atoms with Crippen LogP contribution < -0.4 is 15.5 Å². The Morgan fingerprint density at radius 2 is 2.04 bits per heavy atom. The van der Waals surface area contributed by atoms with Crippen molar-refractivity contribution in [1.29, 1.82) is 0 Å². The summed E-state index contributed by atoms with van der Waals surface area (Å²) >= 11 is 0. The van der Waals surface area contributed by atoms with E-state index in [1.165, 1.54) is 12.1 Å². The molecule has 1 aliphatic rings. The molecule has 7 heteroatoms. The molecule has 1 aromatic carbocycles. The van der Waals surface area contributed by atoms with E-state index in [0.717, 1.165) is 58.3 Å². The number of halogens is 1. The summed E-state index contributed by atoms with van der Waals surface area (Å²) in [5.74, 6) is 1.55. The van der Waals surface area contributed by atoms with E-state index in [-0.39, 0.29) is 24.0 Å². The van der Waals surface area contributed by atoms with Crippen molar-refractivity contribution < 1.29 is 4.74 Å². The maximum absolute atomic E-state index is 5.09. The van der Waals surface area contributed by atoms with Crippen molar-refractivity contribution in [1.82, 2.24) is 15.5 Å². The van der Waals surface area contributed by atoms with Crippen LogP contribution in [0, 0.1) is 5.92 Å². The van der Waals surface area contributed by atoms with Gasteiger partial charge in [0.15, 0.2) is 5.96 Å². The molecule has 2 rings (SSSR count). The maximum Gasteiger partial charge on any atom is 0.191 e. The molecule has 0 aliphatic carbocycles. The van der Waals surface area contributed by atoms with Crippen molar-refractivity contribution in [2.75, 3.05) is 72.0 Å². The van der Waals surface area contributed by atoms with Crippen molar-refractivity contribution in [2.24, 2.45) is 10.9 Å². The average Bonchev–Trinajstić information content (AvgIpc) is 3.14. The molecule has 6 nitrogen and oxygen atoms in total. The SMILES string of the molecule is CN=C(NCCN(C)CCCOC)NCC1CCN(c2ccccc2)C1.I. The molecule has 0 bridgehead atoms. The molecular weight excluding hydrogens is 453 g/mol.